The first kappa shape index (κ1) is 18.6. The molecule has 0 unspecified atom stereocenters. The minimum Gasteiger partial charge on any atom is -0.436 e. The zero-order chi connectivity index (χ0) is 21.8. The molecule has 0 aliphatic heterocycles. The van der Waals surface area contributed by atoms with Gasteiger partial charge in [0, 0.05) is 17.2 Å². The fraction of sp³-hybridized carbons (Fsp3) is 0.111. The highest BCUT2D eigenvalue weighted by molar-refractivity contribution is 5.97. The Kier molecular flexibility index (Phi) is 4.05. The van der Waals surface area contributed by atoms with E-state index in [4.69, 9.17) is 9.40 Å². The Morgan fingerprint density at radius 3 is 2.53 bits per heavy atom. The maximum absolute atomic E-state index is 6.37. The second-order valence-corrected chi connectivity index (χ2v) is 8.06. The summed E-state index contributed by atoms with van der Waals surface area (Å²) in [5.74, 6) is 1.50. The molecular formula is C27H22N4O. The van der Waals surface area contributed by atoms with E-state index in [1.165, 1.54) is 0 Å². The van der Waals surface area contributed by atoms with Gasteiger partial charge in [0.1, 0.15) is 0 Å². The van der Waals surface area contributed by atoms with Crippen molar-refractivity contribution in [3.05, 3.63) is 84.4 Å². The second kappa shape index (κ2) is 6.95. The molecule has 0 bridgehead atoms. The van der Waals surface area contributed by atoms with E-state index in [1.807, 2.05) is 13.0 Å². The summed E-state index contributed by atoms with van der Waals surface area (Å²) in [6.07, 6.45) is 2.58. The third kappa shape index (κ3) is 2.57. The predicted octanol–water partition coefficient (Wildman–Crippen LogP) is 7.02. The quantitative estimate of drug-likeness (QED) is 0.289. The maximum Gasteiger partial charge on any atom is 0.223 e. The van der Waals surface area contributed by atoms with Gasteiger partial charge in [0.15, 0.2) is 5.58 Å². The summed E-state index contributed by atoms with van der Waals surface area (Å²) in [5, 5.41) is 1.07. The first-order chi connectivity index (χ1) is 15.7. The van der Waals surface area contributed by atoms with E-state index in [0.29, 0.717) is 5.88 Å². The normalized spacial score (nSPS) is 12.2. The molecule has 0 aliphatic rings. The predicted molar refractivity (Wildman–Crippen MR) is 132 cm³/mol. The van der Waals surface area contributed by atoms with E-state index in [2.05, 4.69) is 88.1 Å². The van der Waals surface area contributed by atoms with Crippen LogP contribution in [0.1, 0.15) is 19.4 Å². The Morgan fingerprint density at radius 2 is 1.75 bits per heavy atom. The number of aryl methyl sites for hydroxylation is 1. The van der Waals surface area contributed by atoms with Gasteiger partial charge in [0.05, 0.1) is 27.8 Å². The fourth-order valence-electron chi connectivity index (χ4n) is 4.52. The van der Waals surface area contributed by atoms with E-state index in [0.717, 1.165) is 62.1 Å². The van der Waals surface area contributed by atoms with E-state index in [-0.39, 0.29) is 0 Å². The van der Waals surface area contributed by atoms with Crippen LogP contribution in [0.25, 0.3) is 44.5 Å². The second-order valence-electron chi connectivity index (χ2n) is 8.06. The first-order valence-electron chi connectivity index (χ1n) is 10.8. The average Bonchev–Trinajstić information content (AvgIpc) is 3.45. The van der Waals surface area contributed by atoms with Crippen molar-refractivity contribution < 1.29 is 4.42 Å². The number of rotatable bonds is 4. The number of allylic oxidation sites excluding steroid dienone is 1. The van der Waals surface area contributed by atoms with Crippen molar-refractivity contribution in [3.63, 3.8) is 0 Å². The molecule has 6 aromatic rings. The van der Waals surface area contributed by atoms with Gasteiger partial charge < -0.3 is 4.42 Å². The zero-order valence-corrected chi connectivity index (χ0v) is 18.0. The Bertz CT molecular complexity index is 1690. The molecule has 0 fully saturated rings. The molecule has 0 saturated heterocycles. The number of benzene rings is 3. The molecule has 3 aromatic heterocycles. The number of fused-ring (bicyclic) bond motifs is 6. The van der Waals surface area contributed by atoms with Crippen molar-refractivity contribution in [1.82, 2.24) is 14.0 Å². The molecule has 32 heavy (non-hydrogen) atoms. The largest absolute Gasteiger partial charge is 0.436 e. The van der Waals surface area contributed by atoms with Crippen LogP contribution in [0.15, 0.2) is 88.3 Å². The first-order valence-corrected chi connectivity index (χ1v) is 10.8. The van der Waals surface area contributed by atoms with Crippen LogP contribution in [0.5, 0.6) is 0 Å². The summed E-state index contributed by atoms with van der Waals surface area (Å²) in [7, 11) is 0. The third-order valence-electron chi connectivity index (χ3n) is 5.88. The smallest absolute Gasteiger partial charge is 0.223 e. The molecule has 5 nitrogen and oxygen atoms in total. The maximum atomic E-state index is 6.37. The topological polar surface area (TPSA) is 47.7 Å². The Balaban J connectivity index is 1.74. The fourth-order valence-corrected chi connectivity index (χ4v) is 4.52. The number of furan rings is 1. The van der Waals surface area contributed by atoms with Crippen molar-refractivity contribution in [1.29, 1.82) is 0 Å². The summed E-state index contributed by atoms with van der Waals surface area (Å²) in [5.41, 5.74) is 7.99. The number of para-hydroxylation sites is 5. The molecule has 3 aromatic carbocycles. The van der Waals surface area contributed by atoms with Crippen LogP contribution in [0, 0.1) is 0 Å². The number of hydrogen-bond acceptors (Lipinski definition) is 3. The van der Waals surface area contributed by atoms with Gasteiger partial charge in [0.2, 0.25) is 11.7 Å². The highest BCUT2D eigenvalue weighted by Crippen LogP contribution is 2.38. The summed E-state index contributed by atoms with van der Waals surface area (Å²) < 4.78 is 10.8. The number of nitrogens with zero attached hydrogens (tertiary/aromatic N) is 4. The molecule has 0 N–H and O–H groups in total. The summed E-state index contributed by atoms with van der Waals surface area (Å²) in [6, 6.07) is 22.9. The van der Waals surface area contributed by atoms with Gasteiger partial charge in [-0.05, 0) is 49.2 Å². The van der Waals surface area contributed by atoms with Crippen LogP contribution in [-0.4, -0.2) is 20.2 Å². The molecule has 3 heterocycles. The summed E-state index contributed by atoms with van der Waals surface area (Å²) in [4.78, 5) is 9.56. The lowest BCUT2D eigenvalue weighted by Crippen LogP contribution is -1.95. The van der Waals surface area contributed by atoms with E-state index < -0.39 is 0 Å². The molecule has 0 radical (unpaired) electrons. The minimum absolute atomic E-state index is 0.638. The van der Waals surface area contributed by atoms with E-state index >= 15 is 0 Å². The van der Waals surface area contributed by atoms with Gasteiger partial charge in [0.25, 0.3) is 0 Å². The standard InChI is InChI=1S/C27H22N4O/c1-4-18-19-10-9-15-24(25(19)32-26(18)28-16-17(2)3)31-23-14-8-7-13-22(23)30-21-12-6-5-11-20(21)29-27(30)31/h5-16H,2,4H2,1,3H3. The van der Waals surface area contributed by atoms with Crippen molar-refractivity contribution in [3.8, 4) is 5.69 Å². The Morgan fingerprint density at radius 1 is 1.00 bits per heavy atom. The molecule has 5 heteroatoms. The molecule has 6 rings (SSSR count). The SMILES string of the molecule is C=C(C)C=Nc1oc2c(-n3c4ccccc4n4c5ccccc5nc34)cccc2c1CC. The van der Waals surface area contributed by atoms with E-state index in [9.17, 15) is 0 Å². The molecule has 0 saturated carbocycles. The Labute approximate surface area is 184 Å². The molecule has 0 aliphatic carbocycles. The van der Waals surface area contributed by atoms with Crippen molar-refractivity contribution in [2.75, 3.05) is 0 Å². The Hall–Kier alpha value is -4.12. The van der Waals surface area contributed by atoms with Crippen LogP contribution in [0.4, 0.5) is 5.88 Å². The van der Waals surface area contributed by atoms with Crippen molar-refractivity contribution in [2.45, 2.75) is 20.3 Å². The van der Waals surface area contributed by atoms with Gasteiger partial charge in [-0.2, -0.15) is 0 Å². The van der Waals surface area contributed by atoms with Gasteiger partial charge in [-0.1, -0.05) is 49.9 Å². The number of imidazole rings is 2. The van der Waals surface area contributed by atoms with Crippen molar-refractivity contribution in [2.24, 2.45) is 4.99 Å². The number of hydrogen-bond donors (Lipinski definition) is 0. The van der Waals surface area contributed by atoms with Crippen LogP contribution >= 0.6 is 0 Å². The molecule has 0 amide bonds. The molecule has 0 atom stereocenters. The summed E-state index contributed by atoms with van der Waals surface area (Å²) >= 11 is 0. The number of aromatic nitrogens is 3. The van der Waals surface area contributed by atoms with Crippen LogP contribution in [0.2, 0.25) is 0 Å². The van der Waals surface area contributed by atoms with Gasteiger partial charge in [-0.15, -0.1) is 0 Å². The lowest BCUT2D eigenvalue weighted by molar-refractivity contribution is 0.620. The lowest BCUT2D eigenvalue weighted by Gasteiger charge is -2.06. The lowest BCUT2D eigenvalue weighted by atomic mass is 10.1. The number of aliphatic imine (C=N–C) groups is 1. The summed E-state index contributed by atoms with van der Waals surface area (Å²) in [6.45, 7) is 7.97. The zero-order valence-electron chi connectivity index (χ0n) is 18.0. The third-order valence-corrected chi connectivity index (χ3v) is 5.88. The minimum atomic E-state index is 0.638. The molecular weight excluding hydrogens is 396 g/mol. The average molecular weight is 419 g/mol. The van der Waals surface area contributed by atoms with Crippen LogP contribution in [-0.2, 0) is 6.42 Å². The van der Waals surface area contributed by atoms with E-state index in [1.54, 1.807) is 6.21 Å². The van der Waals surface area contributed by atoms with Gasteiger partial charge in [-0.3, -0.25) is 8.97 Å². The highest BCUT2D eigenvalue weighted by Gasteiger charge is 2.21. The van der Waals surface area contributed by atoms with Crippen molar-refractivity contribution >= 4 is 50.9 Å². The van der Waals surface area contributed by atoms with Crippen LogP contribution < -0.4 is 0 Å². The van der Waals surface area contributed by atoms with Crippen LogP contribution in [0.3, 0.4) is 0 Å². The monoisotopic (exact) mass is 418 g/mol. The van der Waals surface area contributed by atoms with Gasteiger partial charge >= 0.3 is 0 Å². The van der Waals surface area contributed by atoms with Gasteiger partial charge in [-0.25, -0.2) is 9.98 Å². The molecule has 156 valence electrons. The molecule has 0 spiro atoms. The highest BCUT2D eigenvalue weighted by atomic mass is 16.3.